The van der Waals surface area contributed by atoms with E-state index in [2.05, 4.69) is 13.8 Å². The van der Waals surface area contributed by atoms with E-state index < -0.39 is 0 Å². The summed E-state index contributed by atoms with van der Waals surface area (Å²) >= 11 is 1.90. The number of carbonyl (C=O) groups is 1. The van der Waals surface area contributed by atoms with Gasteiger partial charge in [0.1, 0.15) is 0 Å². The van der Waals surface area contributed by atoms with Crippen LogP contribution in [-0.4, -0.2) is 11.5 Å². The molecule has 0 N–H and O–H groups in total. The maximum absolute atomic E-state index is 11.6. The van der Waals surface area contributed by atoms with Crippen molar-refractivity contribution in [2.24, 2.45) is 5.41 Å². The van der Waals surface area contributed by atoms with Crippen molar-refractivity contribution in [3.05, 3.63) is 10.5 Å². The van der Waals surface area contributed by atoms with Gasteiger partial charge in [-0.3, -0.25) is 4.79 Å². The number of Topliss-reactive ketones (excluding diaryl/α,β-unsaturated/α-hetero) is 1. The van der Waals surface area contributed by atoms with Crippen molar-refractivity contribution in [1.82, 2.24) is 0 Å². The zero-order valence-corrected chi connectivity index (χ0v) is 8.46. The normalized spacial score (nSPS) is 27.7. The summed E-state index contributed by atoms with van der Waals surface area (Å²) in [5, 5.41) is 0. The van der Waals surface area contributed by atoms with Gasteiger partial charge in [-0.25, -0.2) is 0 Å². The van der Waals surface area contributed by atoms with Gasteiger partial charge < -0.3 is 0 Å². The predicted molar refractivity (Wildman–Crippen MR) is 52.1 cm³/mol. The molecule has 12 heavy (non-hydrogen) atoms. The third kappa shape index (κ3) is 1.13. The van der Waals surface area contributed by atoms with Crippen LogP contribution in [0.1, 0.15) is 33.1 Å². The lowest BCUT2D eigenvalue weighted by atomic mass is 9.93. The molecule has 0 bridgehead atoms. The number of thioether (sulfide) groups is 1. The molecule has 0 aromatic heterocycles. The van der Waals surface area contributed by atoms with E-state index in [-0.39, 0.29) is 5.41 Å². The van der Waals surface area contributed by atoms with Gasteiger partial charge in [0.15, 0.2) is 5.78 Å². The first kappa shape index (κ1) is 8.36. The van der Waals surface area contributed by atoms with E-state index in [0.29, 0.717) is 5.78 Å². The summed E-state index contributed by atoms with van der Waals surface area (Å²) in [6.07, 6.45) is 2.96. The molecule has 0 spiro atoms. The second kappa shape index (κ2) is 2.63. The number of allylic oxidation sites excluding steroid dienone is 2. The van der Waals surface area contributed by atoms with E-state index in [4.69, 9.17) is 0 Å². The van der Waals surface area contributed by atoms with E-state index in [1.54, 1.807) is 0 Å². The van der Waals surface area contributed by atoms with E-state index in [0.717, 1.165) is 18.4 Å². The molecule has 2 rings (SSSR count). The minimum atomic E-state index is 0.150. The molecule has 0 fully saturated rings. The van der Waals surface area contributed by atoms with Crippen molar-refractivity contribution in [3.63, 3.8) is 0 Å². The lowest BCUT2D eigenvalue weighted by Crippen LogP contribution is -2.10. The zero-order valence-electron chi connectivity index (χ0n) is 7.64. The van der Waals surface area contributed by atoms with Crippen molar-refractivity contribution < 1.29 is 4.79 Å². The fraction of sp³-hybridized carbons (Fsp3) is 0.700. The molecule has 0 saturated heterocycles. The average Bonchev–Trinajstić information content (AvgIpc) is 2.25. The summed E-state index contributed by atoms with van der Waals surface area (Å²) in [6, 6.07) is 0. The molecule has 1 aliphatic carbocycles. The lowest BCUT2D eigenvalue weighted by molar-refractivity contribution is -0.116. The highest BCUT2D eigenvalue weighted by Gasteiger charge is 2.39. The summed E-state index contributed by atoms with van der Waals surface area (Å²) in [4.78, 5) is 12.9. The number of carbonyl (C=O) groups excluding carboxylic acids is 1. The number of ketones is 1. The molecule has 2 heteroatoms. The molecule has 0 atom stereocenters. The Morgan fingerprint density at radius 2 is 2.17 bits per heavy atom. The summed E-state index contributed by atoms with van der Waals surface area (Å²) in [6.45, 7) is 4.37. The van der Waals surface area contributed by atoms with Gasteiger partial charge >= 0.3 is 0 Å². The van der Waals surface area contributed by atoms with Crippen LogP contribution in [0.15, 0.2) is 10.5 Å². The molecule has 0 unspecified atom stereocenters. The van der Waals surface area contributed by atoms with Gasteiger partial charge in [0.2, 0.25) is 0 Å². The van der Waals surface area contributed by atoms with Crippen molar-refractivity contribution in [2.45, 2.75) is 33.1 Å². The summed E-state index contributed by atoms with van der Waals surface area (Å²) in [7, 11) is 0. The van der Waals surface area contributed by atoms with Gasteiger partial charge in [-0.2, -0.15) is 0 Å². The van der Waals surface area contributed by atoms with Crippen molar-refractivity contribution >= 4 is 17.5 Å². The molecule has 0 amide bonds. The minimum Gasteiger partial charge on any atom is -0.294 e. The number of hydrogen-bond donors (Lipinski definition) is 0. The summed E-state index contributed by atoms with van der Waals surface area (Å²) in [5.41, 5.74) is 1.30. The topological polar surface area (TPSA) is 17.1 Å². The van der Waals surface area contributed by atoms with Crippen LogP contribution < -0.4 is 0 Å². The maximum Gasteiger partial charge on any atom is 0.160 e. The van der Waals surface area contributed by atoms with Crippen LogP contribution in [-0.2, 0) is 4.79 Å². The summed E-state index contributed by atoms with van der Waals surface area (Å²) in [5.74, 6) is 1.61. The van der Waals surface area contributed by atoms with E-state index >= 15 is 0 Å². The largest absolute Gasteiger partial charge is 0.294 e. The first-order valence-electron chi connectivity index (χ1n) is 4.51. The Bertz CT molecular complexity index is 263. The van der Waals surface area contributed by atoms with Crippen LogP contribution in [0.2, 0.25) is 0 Å². The molecular weight excluding hydrogens is 168 g/mol. The third-order valence-corrected chi connectivity index (χ3v) is 4.23. The fourth-order valence-electron chi connectivity index (χ4n) is 2.08. The Hall–Kier alpha value is -0.240. The third-order valence-electron chi connectivity index (χ3n) is 2.65. The van der Waals surface area contributed by atoms with Crippen LogP contribution >= 0.6 is 11.8 Å². The van der Waals surface area contributed by atoms with Gasteiger partial charge in [-0.15, -0.1) is 11.8 Å². The van der Waals surface area contributed by atoms with Gasteiger partial charge in [0.25, 0.3) is 0 Å². The number of rotatable bonds is 0. The van der Waals surface area contributed by atoms with E-state index in [1.807, 2.05) is 11.8 Å². The van der Waals surface area contributed by atoms with Crippen LogP contribution in [0, 0.1) is 5.41 Å². The van der Waals surface area contributed by atoms with Crippen molar-refractivity contribution in [1.29, 1.82) is 0 Å². The number of hydrogen-bond acceptors (Lipinski definition) is 2. The minimum absolute atomic E-state index is 0.150. The van der Waals surface area contributed by atoms with Gasteiger partial charge in [-0.05, 0) is 23.5 Å². The zero-order chi connectivity index (χ0) is 8.77. The summed E-state index contributed by atoms with van der Waals surface area (Å²) < 4.78 is 0. The molecule has 0 aromatic rings. The standard InChI is InChI=1S/C10H14OS/c1-10(2)6-8(11)7-4-3-5-12-9(7)10/h3-6H2,1-2H3. The molecule has 0 aromatic carbocycles. The maximum atomic E-state index is 11.6. The molecule has 2 aliphatic rings. The molecule has 0 saturated carbocycles. The second-order valence-electron chi connectivity index (χ2n) is 4.24. The van der Waals surface area contributed by atoms with Crippen LogP contribution in [0.25, 0.3) is 0 Å². The Morgan fingerprint density at radius 3 is 2.83 bits per heavy atom. The van der Waals surface area contributed by atoms with Gasteiger partial charge in [0.05, 0.1) is 0 Å². The average molecular weight is 182 g/mol. The van der Waals surface area contributed by atoms with Crippen molar-refractivity contribution in [2.75, 3.05) is 5.75 Å². The first-order valence-corrected chi connectivity index (χ1v) is 5.49. The van der Waals surface area contributed by atoms with Gasteiger partial charge in [-0.1, -0.05) is 13.8 Å². The second-order valence-corrected chi connectivity index (χ2v) is 5.35. The molecule has 1 heterocycles. The van der Waals surface area contributed by atoms with Crippen LogP contribution in [0.4, 0.5) is 0 Å². The Labute approximate surface area is 77.6 Å². The highest BCUT2D eigenvalue weighted by atomic mass is 32.2. The van der Waals surface area contributed by atoms with Crippen LogP contribution in [0.5, 0.6) is 0 Å². The molecule has 1 nitrogen and oxygen atoms in total. The lowest BCUT2D eigenvalue weighted by Gasteiger charge is -2.23. The first-order chi connectivity index (χ1) is 5.61. The highest BCUT2D eigenvalue weighted by Crippen LogP contribution is 2.49. The quantitative estimate of drug-likeness (QED) is 0.573. The molecule has 1 aliphatic heterocycles. The van der Waals surface area contributed by atoms with Gasteiger partial charge in [0, 0.05) is 17.4 Å². The van der Waals surface area contributed by atoms with E-state index in [1.165, 1.54) is 17.1 Å². The Kier molecular flexibility index (Phi) is 1.83. The smallest absolute Gasteiger partial charge is 0.160 e. The Morgan fingerprint density at radius 1 is 1.42 bits per heavy atom. The monoisotopic (exact) mass is 182 g/mol. The SMILES string of the molecule is CC1(C)CC(=O)C2=C1SCCC2. The fourth-order valence-corrected chi connectivity index (χ4v) is 3.43. The predicted octanol–water partition coefficient (Wildman–Crippen LogP) is 2.77. The van der Waals surface area contributed by atoms with Crippen molar-refractivity contribution in [3.8, 4) is 0 Å². The molecule has 0 radical (unpaired) electrons. The molecular formula is C10H14OS. The highest BCUT2D eigenvalue weighted by molar-refractivity contribution is 8.03. The van der Waals surface area contributed by atoms with Crippen LogP contribution in [0.3, 0.4) is 0 Å². The van der Waals surface area contributed by atoms with E-state index in [9.17, 15) is 4.79 Å². The Balaban J connectivity index is 2.41. The molecule has 66 valence electrons.